The molecule has 170 valence electrons. The van der Waals surface area contributed by atoms with Crippen molar-refractivity contribution in [3.8, 4) is 5.75 Å². The van der Waals surface area contributed by atoms with Gasteiger partial charge in [-0.1, -0.05) is 12.1 Å². The number of urea groups is 1. The van der Waals surface area contributed by atoms with Crippen LogP contribution in [0, 0.1) is 0 Å². The number of amides is 3. The van der Waals surface area contributed by atoms with Crippen LogP contribution in [0.1, 0.15) is 24.2 Å². The Hall–Kier alpha value is -3.60. The molecule has 11 heteroatoms. The number of imide groups is 1. The fourth-order valence-electron chi connectivity index (χ4n) is 3.01. The lowest BCUT2D eigenvalue weighted by Crippen LogP contribution is -2.41. The van der Waals surface area contributed by atoms with Crippen LogP contribution in [0.25, 0.3) is 0 Å². The number of sulfonamides is 1. The van der Waals surface area contributed by atoms with Gasteiger partial charge in [0.1, 0.15) is 5.75 Å². The van der Waals surface area contributed by atoms with E-state index in [9.17, 15) is 22.8 Å². The zero-order chi connectivity index (χ0) is 23.3. The molecule has 0 radical (unpaired) electrons. The van der Waals surface area contributed by atoms with Crippen molar-refractivity contribution in [1.82, 2.24) is 10.2 Å². The first-order valence-corrected chi connectivity index (χ1v) is 11.4. The number of benzene rings is 2. The van der Waals surface area contributed by atoms with Crippen LogP contribution in [-0.2, 0) is 19.6 Å². The van der Waals surface area contributed by atoms with E-state index in [4.69, 9.17) is 9.47 Å². The minimum absolute atomic E-state index is 0.00931. The van der Waals surface area contributed by atoms with Crippen LogP contribution in [0.2, 0.25) is 0 Å². The van der Waals surface area contributed by atoms with Gasteiger partial charge >= 0.3 is 12.0 Å². The number of carbonyl (C=O) groups is 3. The van der Waals surface area contributed by atoms with Crippen molar-refractivity contribution in [2.45, 2.75) is 24.8 Å². The second-order valence-electron chi connectivity index (χ2n) is 6.82. The van der Waals surface area contributed by atoms with E-state index < -0.39 is 34.0 Å². The van der Waals surface area contributed by atoms with E-state index in [1.807, 2.05) is 6.92 Å². The molecule has 0 spiro atoms. The van der Waals surface area contributed by atoms with Crippen molar-refractivity contribution in [2.24, 2.45) is 0 Å². The molecule has 3 amide bonds. The molecule has 1 heterocycles. The van der Waals surface area contributed by atoms with Crippen LogP contribution < -0.4 is 14.8 Å². The van der Waals surface area contributed by atoms with E-state index in [0.29, 0.717) is 18.9 Å². The number of hydrogen-bond acceptors (Lipinski definition) is 7. The first-order valence-electron chi connectivity index (χ1n) is 9.88. The first-order chi connectivity index (χ1) is 15.2. The number of rotatable bonds is 8. The van der Waals surface area contributed by atoms with E-state index in [2.05, 4.69) is 10.0 Å². The maximum atomic E-state index is 12.8. The third kappa shape index (κ3) is 5.17. The van der Waals surface area contributed by atoms with Gasteiger partial charge in [0.05, 0.1) is 22.8 Å². The highest BCUT2D eigenvalue weighted by Gasteiger charge is 2.32. The number of nitrogens with zero attached hydrogens (tertiary/aromatic N) is 1. The van der Waals surface area contributed by atoms with Crippen LogP contribution in [0.4, 0.5) is 10.5 Å². The zero-order valence-electron chi connectivity index (χ0n) is 17.5. The molecule has 32 heavy (non-hydrogen) atoms. The Balaban J connectivity index is 1.75. The summed E-state index contributed by atoms with van der Waals surface area (Å²) in [6.45, 7) is 4.11. The van der Waals surface area contributed by atoms with Crippen molar-refractivity contribution >= 4 is 33.6 Å². The summed E-state index contributed by atoms with van der Waals surface area (Å²) < 4.78 is 38.4. The number of carbonyl (C=O) groups excluding carboxylic acids is 3. The molecular weight excluding hydrogens is 438 g/mol. The Morgan fingerprint density at radius 2 is 1.84 bits per heavy atom. The molecule has 0 saturated carbocycles. The summed E-state index contributed by atoms with van der Waals surface area (Å²) in [5.41, 5.74) is -0.0857. The maximum Gasteiger partial charge on any atom is 0.341 e. The Labute approximate surface area is 185 Å². The molecule has 2 N–H and O–H groups in total. The minimum atomic E-state index is -4.01. The standard InChI is InChI=1S/C21H23N3O7S/c1-3-30-15-8-10-16(11-9-15)32(28,29)23-18-7-5-4-6-17(18)20(26)31-14(2)19(25)24-13-12-22-21(24)27/h4-11,14,23H,3,12-13H2,1-2H3,(H,22,27). The predicted octanol–water partition coefficient (Wildman–Crippen LogP) is 1.98. The third-order valence-electron chi connectivity index (χ3n) is 4.59. The summed E-state index contributed by atoms with van der Waals surface area (Å²) >= 11 is 0. The normalized spacial score (nSPS) is 14.4. The Morgan fingerprint density at radius 3 is 2.47 bits per heavy atom. The number of esters is 1. The lowest BCUT2D eigenvalue weighted by Gasteiger charge is -2.19. The van der Waals surface area contributed by atoms with Gasteiger partial charge in [-0.15, -0.1) is 0 Å². The molecule has 1 saturated heterocycles. The molecule has 1 unspecified atom stereocenters. The lowest BCUT2D eigenvalue weighted by atomic mass is 10.2. The predicted molar refractivity (Wildman–Crippen MR) is 115 cm³/mol. The van der Waals surface area contributed by atoms with E-state index >= 15 is 0 Å². The van der Waals surface area contributed by atoms with Gasteiger partial charge < -0.3 is 14.8 Å². The Kier molecular flexibility index (Phi) is 6.98. The van der Waals surface area contributed by atoms with Crippen molar-refractivity contribution in [3.63, 3.8) is 0 Å². The molecule has 0 aromatic heterocycles. The lowest BCUT2D eigenvalue weighted by molar-refractivity contribution is -0.136. The van der Waals surface area contributed by atoms with Gasteiger partial charge in [-0.3, -0.25) is 14.4 Å². The molecule has 0 aliphatic carbocycles. The largest absolute Gasteiger partial charge is 0.494 e. The molecular formula is C21H23N3O7S. The second-order valence-corrected chi connectivity index (χ2v) is 8.51. The number of para-hydroxylation sites is 1. The number of ether oxygens (including phenoxy) is 2. The van der Waals surface area contributed by atoms with E-state index in [1.165, 1.54) is 49.4 Å². The molecule has 1 atom stereocenters. The van der Waals surface area contributed by atoms with Crippen LogP contribution in [0.15, 0.2) is 53.4 Å². The van der Waals surface area contributed by atoms with Gasteiger partial charge in [-0.2, -0.15) is 0 Å². The fourth-order valence-corrected chi connectivity index (χ4v) is 4.09. The summed E-state index contributed by atoms with van der Waals surface area (Å²) in [5.74, 6) is -1.04. The van der Waals surface area contributed by atoms with Crippen molar-refractivity contribution in [2.75, 3.05) is 24.4 Å². The van der Waals surface area contributed by atoms with Crippen LogP contribution >= 0.6 is 0 Å². The van der Waals surface area contributed by atoms with Gasteiger partial charge in [0.2, 0.25) is 0 Å². The van der Waals surface area contributed by atoms with Gasteiger partial charge in [0, 0.05) is 13.1 Å². The quantitative estimate of drug-likeness (QED) is 0.575. The molecule has 2 aromatic rings. The molecule has 1 aliphatic rings. The summed E-state index contributed by atoms with van der Waals surface area (Å²) in [5, 5.41) is 2.49. The van der Waals surface area contributed by atoms with Crippen LogP contribution in [0.3, 0.4) is 0 Å². The number of nitrogens with one attached hydrogen (secondary N) is 2. The number of hydrogen-bond donors (Lipinski definition) is 2. The minimum Gasteiger partial charge on any atom is -0.494 e. The SMILES string of the molecule is CCOc1ccc(S(=O)(=O)Nc2ccccc2C(=O)OC(C)C(=O)N2CCNC2=O)cc1. The fraction of sp³-hybridized carbons (Fsp3) is 0.286. The highest BCUT2D eigenvalue weighted by molar-refractivity contribution is 7.92. The first kappa shape index (κ1) is 23.1. The number of anilines is 1. The average Bonchev–Trinajstić information content (AvgIpc) is 3.19. The summed E-state index contributed by atoms with van der Waals surface area (Å²) in [6, 6.07) is 11.1. The molecule has 1 aliphatic heterocycles. The molecule has 0 bridgehead atoms. The topological polar surface area (TPSA) is 131 Å². The van der Waals surface area contributed by atoms with Crippen LogP contribution in [-0.4, -0.2) is 57.0 Å². The van der Waals surface area contributed by atoms with Crippen molar-refractivity contribution < 1.29 is 32.3 Å². The zero-order valence-corrected chi connectivity index (χ0v) is 18.3. The molecule has 1 fully saturated rings. The summed E-state index contributed by atoms with van der Waals surface area (Å²) in [6.07, 6.45) is -1.23. The summed E-state index contributed by atoms with van der Waals surface area (Å²) in [7, 11) is -4.01. The van der Waals surface area contributed by atoms with Crippen molar-refractivity contribution in [1.29, 1.82) is 0 Å². The molecule has 10 nitrogen and oxygen atoms in total. The molecule has 2 aromatic carbocycles. The maximum absolute atomic E-state index is 12.8. The van der Waals surface area contributed by atoms with E-state index in [1.54, 1.807) is 6.07 Å². The Morgan fingerprint density at radius 1 is 1.16 bits per heavy atom. The third-order valence-corrected chi connectivity index (χ3v) is 5.97. The van der Waals surface area contributed by atoms with Gasteiger partial charge in [0.25, 0.3) is 15.9 Å². The van der Waals surface area contributed by atoms with Crippen molar-refractivity contribution in [3.05, 3.63) is 54.1 Å². The van der Waals surface area contributed by atoms with Gasteiger partial charge in [-0.25, -0.2) is 18.0 Å². The monoisotopic (exact) mass is 461 g/mol. The highest BCUT2D eigenvalue weighted by Crippen LogP contribution is 2.23. The second kappa shape index (κ2) is 9.69. The van der Waals surface area contributed by atoms with E-state index in [0.717, 1.165) is 4.90 Å². The van der Waals surface area contributed by atoms with Gasteiger partial charge in [-0.05, 0) is 50.2 Å². The van der Waals surface area contributed by atoms with Crippen LogP contribution in [0.5, 0.6) is 5.75 Å². The highest BCUT2D eigenvalue weighted by atomic mass is 32.2. The van der Waals surface area contributed by atoms with Gasteiger partial charge in [0.15, 0.2) is 6.10 Å². The average molecular weight is 461 g/mol. The molecule has 3 rings (SSSR count). The smallest absolute Gasteiger partial charge is 0.341 e. The Bertz CT molecular complexity index is 1120. The summed E-state index contributed by atoms with van der Waals surface area (Å²) in [4.78, 5) is 37.6. The van der Waals surface area contributed by atoms with E-state index in [-0.39, 0.29) is 22.7 Å².